The van der Waals surface area contributed by atoms with Gasteiger partial charge in [0.2, 0.25) is 10.7 Å². The van der Waals surface area contributed by atoms with E-state index in [1.165, 1.54) is 16.8 Å². The molecule has 1 aromatic heterocycles. The van der Waals surface area contributed by atoms with Crippen molar-refractivity contribution in [1.29, 1.82) is 0 Å². The molecule has 4 aromatic rings. The van der Waals surface area contributed by atoms with Crippen LogP contribution in [-0.2, 0) is 17.5 Å². The van der Waals surface area contributed by atoms with Crippen LogP contribution in [0.25, 0.3) is 17.1 Å². The fourth-order valence-electron chi connectivity index (χ4n) is 3.20. The minimum Gasteiger partial charge on any atom is -0.324 e. The van der Waals surface area contributed by atoms with Crippen molar-refractivity contribution < 1.29 is 18.0 Å². The third kappa shape index (κ3) is 4.62. The SMILES string of the molecule is O=C(Cn1nc(-c2ccccc2)n(-c2ccccc2)c1=S)Nc1cccc(C(F)(F)F)c1. The molecule has 0 aliphatic heterocycles. The zero-order valence-electron chi connectivity index (χ0n) is 16.6. The van der Waals surface area contributed by atoms with Crippen molar-refractivity contribution in [3.8, 4) is 17.1 Å². The number of amides is 1. The standard InChI is InChI=1S/C23H17F3N4OS/c24-23(25,26)17-10-7-11-18(14-17)27-20(31)15-29-22(32)30(19-12-5-2-6-13-19)21(28-29)16-8-3-1-4-9-16/h1-14H,15H2,(H,27,31). The number of nitrogens with zero attached hydrogens (tertiary/aromatic N) is 3. The molecule has 0 saturated carbocycles. The summed E-state index contributed by atoms with van der Waals surface area (Å²) in [5, 5.41) is 7.01. The Morgan fingerprint density at radius 2 is 1.59 bits per heavy atom. The van der Waals surface area contributed by atoms with Crippen LogP contribution in [0.4, 0.5) is 18.9 Å². The number of benzene rings is 3. The maximum absolute atomic E-state index is 12.9. The van der Waals surface area contributed by atoms with E-state index in [9.17, 15) is 18.0 Å². The van der Waals surface area contributed by atoms with Crippen LogP contribution in [-0.4, -0.2) is 20.3 Å². The molecule has 0 aliphatic rings. The molecule has 0 spiro atoms. The van der Waals surface area contributed by atoms with Gasteiger partial charge in [0.05, 0.1) is 5.56 Å². The summed E-state index contributed by atoms with van der Waals surface area (Å²) < 4.78 is 42.2. The molecular formula is C23H17F3N4OS. The number of alkyl halides is 3. The van der Waals surface area contributed by atoms with Crippen LogP contribution in [0.2, 0.25) is 0 Å². The van der Waals surface area contributed by atoms with Crippen molar-refractivity contribution in [2.75, 3.05) is 5.32 Å². The van der Waals surface area contributed by atoms with E-state index in [0.717, 1.165) is 23.4 Å². The molecule has 32 heavy (non-hydrogen) atoms. The van der Waals surface area contributed by atoms with E-state index < -0.39 is 17.6 Å². The van der Waals surface area contributed by atoms with Crippen LogP contribution in [0.15, 0.2) is 84.9 Å². The number of aromatic nitrogens is 3. The molecule has 0 bridgehead atoms. The van der Waals surface area contributed by atoms with Crippen LogP contribution >= 0.6 is 12.2 Å². The van der Waals surface area contributed by atoms with Crippen LogP contribution in [0.3, 0.4) is 0 Å². The molecule has 1 heterocycles. The Hall–Kier alpha value is -3.72. The van der Waals surface area contributed by atoms with E-state index in [-0.39, 0.29) is 17.0 Å². The molecule has 0 radical (unpaired) electrons. The smallest absolute Gasteiger partial charge is 0.324 e. The summed E-state index contributed by atoms with van der Waals surface area (Å²) >= 11 is 5.58. The van der Waals surface area contributed by atoms with Crippen molar-refractivity contribution in [3.05, 3.63) is 95.3 Å². The second-order valence-corrected chi connectivity index (χ2v) is 7.29. The van der Waals surface area contributed by atoms with Gasteiger partial charge < -0.3 is 5.32 Å². The fourth-order valence-corrected chi connectivity index (χ4v) is 3.50. The van der Waals surface area contributed by atoms with E-state index in [2.05, 4.69) is 10.4 Å². The van der Waals surface area contributed by atoms with Gasteiger partial charge in [-0.05, 0) is 42.5 Å². The maximum atomic E-state index is 12.9. The number of halogens is 3. The largest absolute Gasteiger partial charge is 0.416 e. The van der Waals surface area contributed by atoms with Crippen LogP contribution in [0, 0.1) is 4.77 Å². The maximum Gasteiger partial charge on any atom is 0.416 e. The summed E-state index contributed by atoms with van der Waals surface area (Å²) in [6.07, 6.45) is -4.50. The monoisotopic (exact) mass is 454 g/mol. The van der Waals surface area contributed by atoms with Crippen molar-refractivity contribution in [2.45, 2.75) is 12.7 Å². The number of hydrogen-bond donors (Lipinski definition) is 1. The van der Waals surface area contributed by atoms with Gasteiger partial charge in [0.1, 0.15) is 6.54 Å². The van der Waals surface area contributed by atoms with E-state index in [4.69, 9.17) is 12.2 Å². The highest BCUT2D eigenvalue weighted by atomic mass is 32.1. The molecule has 0 aliphatic carbocycles. The average Bonchev–Trinajstić information content (AvgIpc) is 3.10. The van der Waals surface area contributed by atoms with E-state index >= 15 is 0 Å². The van der Waals surface area contributed by atoms with Gasteiger partial charge in [0, 0.05) is 16.9 Å². The first-order valence-corrected chi connectivity index (χ1v) is 10.0. The molecule has 0 fully saturated rings. The van der Waals surface area contributed by atoms with Gasteiger partial charge in [-0.2, -0.15) is 18.3 Å². The molecule has 4 rings (SSSR count). The molecule has 0 atom stereocenters. The Morgan fingerprint density at radius 3 is 2.25 bits per heavy atom. The Labute approximate surface area is 186 Å². The highest BCUT2D eigenvalue weighted by molar-refractivity contribution is 7.71. The normalized spacial score (nSPS) is 11.3. The van der Waals surface area contributed by atoms with Gasteiger partial charge >= 0.3 is 6.18 Å². The number of hydrogen-bond acceptors (Lipinski definition) is 3. The first-order valence-electron chi connectivity index (χ1n) is 9.61. The van der Waals surface area contributed by atoms with Gasteiger partial charge in [-0.3, -0.25) is 9.36 Å². The zero-order chi connectivity index (χ0) is 22.7. The second kappa shape index (κ2) is 8.80. The summed E-state index contributed by atoms with van der Waals surface area (Å²) in [7, 11) is 0. The zero-order valence-corrected chi connectivity index (χ0v) is 17.4. The molecular weight excluding hydrogens is 437 g/mol. The lowest BCUT2D eigenvalue weighted by Crippen LogP contribution is -2.20. The first kappa shape index (κ1) is 21.5. The van der Waals surface area contributed by atoms with E-state index in [1.807, 2.05) is 60.7 Å². The molecule has 9 heteroatoms. The highest BCUT2D eigenvalue weighted by Gasteiger charge is 2.30. The van der Waals surface area contributed by atoms with E-state index in [0.29, 0.717) is 5.82 Å². The molecule has 162 valence electrons. The van der Waals surface area contributed by atoms with Crippen molar-refractivity contribution in [2.24, 2.45) is 0 Å². The molecule has 0 unspecified atom stereocenters. The van der Waals surface area contributed by atoms with Crippen molar-refractivity contribution in [3.63, 3.8) is 0 Å². The van der Waals surface area contributed by atoms with Gasteiger partial charge in [-0.25, -0.2) is 4.68 Å². The van der Waals surface area contributed by atoms with Crippen LogP contribution in [0.1, 0.15) is 5.56 Å². The van der Waals surface area contributed by atoms with Crippen LogP contribution < -0.4 is 5.32 Å². The average molecular weight is 454 g/mol. The Balaban J connectivity index is 1.66. The van der Waals surface area contributed by atoms with Crippen LogP contribution in [0.5, 0.6) is 0 Å². The summed E-state index contributed by atoms with van der Waals surface area (Å²) in [5.74, 6) is 0.00594. The minimum atomic E-state index is -4.50. The van der Waals surface area contributed by atoms with Gasteiger partial charge in [0.15, 0.2) is 5.82 Å². The number of anilines is 1. The summed E-state index contributed by atoms with van der Waals surface area (Å²) in [4.78, 5) is 12.6. The Kier molecular flexibility index (Phi) is 5.91. The van der Waals surface area contributed by atoms with Crippen molar-refractivity contribution >= 4 is 23.8 Å². The van der Waals surface area contributed by atoms with Gasteiger partial charge in [-0.15, -0.1) is 0 Å². The number of rotatable bonds is 5. The second-order valence-electron chi connectivity index (χ2n) is 6.93. The predicted octanol–water partition coefficient (Wildman–Crippen LogP) is 5.73. The van der Waals surface area contributed by atoms with E-state index in [1.54, 1.807) is 4.57 Å². The third-order valence-corrected chi connectivity index (χ3v) is 5.05. The summed E-state index contributed by atoms with van der Waals surface area (Å²) in [5.41, 5.74) is 0.786. The Morgan fingerprint density at radius 1 is 0.938 bits per heavy atom. The third-order valence-electron chi connectivity index (χ3n) is 4.65. The molecule has 3 aromatic carbocycles. The quantitative estimate of drug-likeness (QED) is 0.392. The minimum absolute atomic E-state index is 0.0436. The summed E-state index contributed by atoms with van der Waals surface area (Å²) in [6.45, 7) is -0.255. The topological polar surface area (TPSA) is 51.9 Å². The van der Waals surface area contributed by atoms with Crippen molar-refractivity contribution in [1.82, 2.24) is 14.3 Å². The van der Waals surface area contributed by atoms with Gasteiger partial charge in [0.25, 0.3) is 0 Å². The lowest BCUT2D eigenvalue weighted by molar-refractivity contribution is -0.137. The van der Waals surface area contributed by atoms with Gasteiger partial charge in [-0.1, -0.05) is 54.6 Å². The fraction of sp³-hybridized carbons (Fsp3) is 0.0870. The molecule has 0 saturated heterocycles. The highest BCUT2D eigenvalue weighted by Crippen LogP contribution is 2.30. The molecule has 5 nitrogen and oxygen atoms in total. The molecule has 1 amide bonds. The molecule has 1 N–H and O–H groups in total. The number of nitrogens with one attached hydrogen (secondary N) is 1. The lowest BCUT2D eigenvalue weighted by Gasteiger charge is -2.10. The first-order chi connectivity index (χ1) is 15.3. The predicted molar refractivity (Wildman–Crippen MR) is 118 cm³/mol. The number of carbonyl (C=O) groups is 1. The summed E-state index contributed by atoms with van der Waals surface area (Å²) in [6, 6.07) is 23.2. The lowest BCUT2D eigenvalue weighted by atomic mass is 10.2. The number of para-hydroxylation sites is 1. The number of carbonyl (C=O) groups excluding carboxylic acids is 1. The Bertz CT molecular complexity index is 1300.